The van der Waals surface area contributed by atoms with Crippen molar-refractivity contribution in [1.29, 1.82) is 0 Å². The highest BCUT2D eigenvalue weighted by atomic mass is 16.1. The number of hydrogen-bond acceptors (Lipinski definition) is 3. The van der Waals surface area contributed by atoms with Crippen molar-refractivity contribution in [3.05, 3.63) is 60.2 Å². The molecule has 0 atom stereocenters. The first-order chi connectivity index (χ1) is 13.0. The number of nitrogens with zero attached hydrogens (tertiary/aromatic N) is 2. The molecule has 1 amide bonds. The number of amides is 1. The van der Waals surface area contributed by atoms with Gasteiger partial charge < -0.3 is 10.2 Å². The molecule has 0 radical (unpaired) electrons. The number of nitrogens with one attached hydrogen (secondary N) is 1. The number of likely N-dealkylation sites (N-methyl/N-ethyl adjacent to an activating group) is 1. The predicted molar refractivity (Wildman–Crippen MR) is 112 cm³/mol. The Bertz CT molecular complexity index is 732. The summed E-state index contributed by atoms with van der Waals surface area (Å²) in [6.07, 6.45) is 0. The molecular weight excluding hydrogens is 334 g/mol. The fourth-order valence-electron chi connectivity index (χ4n) is 3.62. The van der Waals surface area contributed by atoms with Crippen LogP contribution in [-0.4, -0.2) is 60.5 Å². The minimum atomic E-state index is -0.0422. The molecule has 1 fully saturated rings. The number of carbonyl (C=O) groups excluding carboxylic acids is 1. The van der Waals surface area contributed by atoms with E-state index in [-0.39, 0.29) is 11.4 Å². The van der Waals surface area contributed by atoms with Gasteiger partial charge in [-0.2, -0.15) is 0 Å². The van der Waals surface area contributed by atoms with Gasteiger partial charge in [-0.05, 0) is 43.7 Å². The van der Waals surface area contributed by atoms with E-state index in [2.05, 4.69) is 48.0 Å². The van der Waals surface area contributed by atoms with E-state index < -0.39 is 0 Å². The first kappa shape index (κ1) is 19.6. The van der Waals surface area contributed by atoms with Gasteiger partial charge in [-0.3, -0.25) is 9.69 Å². The summed E-state index contributed by atoms with van der Waals surface area (Å²) in [7, 11) is 0. The lowest BCUT2D eigenvalue weighted by atomic mass is 10.0. The van der Waals surface area contributed by atoms with Crippen molar-refractivity contribution in [3.63, 3.8) is 0 Å². The molecule has 3 rings (SSSR count). The van der Waals surface area contributed by atoms with Gasteiger partial charge in [-0.15, -0.1) is 0 Å². The van der Waals surface area contributed by atoms with Gasteiger partial charge in [0.2, 0.25) is 0 Å². The van der Waals surface area contributed by atoms with Crippen molar-refractivity contribution in [3.8, 4) is 11.1 Å². The van der Waals surface area contributed by atoms with Crippen LogP contribution in [0.15, 0.2) is 54.6 Å². The van der Waals surface area contributed by atoms with Crippen molar-refractivity contribution in [1.82, 2.24) is 15.1 Å². The highest BCUT2D eigenvalue weighted by molar-refractivity contribution is 5.94. The van der Waals surface area contributed by atoms with E-state index in [0.717, 1.165) is 43.9 Å². The van der Waals surface area contributed by atoms with Gasteiger partial charge >= 0.3 is 0 Å². The third-order valence-corrected chi connectivity index (χ3v) is 5.61. The van der Waals surface area contributed by atoms with Crippen molar-refractivity contribution in [2.75, 3.05) is 39.3 Å². The van der Waals surface area contributed by atoms with Crippen LogP contribution in [0.5, 0.6) is 0 Å². The lowest BCUT2D eigenvalue weighted by Gasteiger charge is -2.44. The van der Waals surface area contributed by atoms with Gasteiger partial charge in [0.05, 0.1) is 0 Å². The predicted octanol–water partition coefficient (Wildman–Crippen LogP) is 3.50. The summed E-state index contributed by atoms with van der Waals surface area (Å²) in [4.78, 5) is 17.5. The van der Waals surface area contributed by atoms with Gasteiger partial charge in [0.25, 0.3) is 5.91 Å². The molecule has 4 nitrogen and oxygen atoms in total. The molecule has 2 aromatic rings. The third kappa shape index (κ3) is 4.96. The van der Waals surface area contributed by atoms with E-state index in [9.17, 15) is 4.79 Å². The van der Waals surface area contributed by atoms with Gasteiger partial charge in [0.1, 0.15) is 0 Å². The monoisotopic (exact) mass is 365 g/mol. The van der Waals surface area contributed by atoms with Crippen LogP contribution in [0, 0.1) is 0 Å². The minimum Gasteiger partial charge on any atom is -0.350 e. The van der Waals surface area contributed by atoms with Crippen LogP contribution < -0.4 is 5.32 Å². The largest absolute Gasteiger partial charge is 0.350 e. The molecule has 0 spiro atoms. The zero-order valence-corrected chi connectivity index (χ0v) is 16.7. The maximum Gasteiger partial charge on any atom is 0.251 e. The molecule has 1 heterocycles. The Morgan fingerprint density at radius 3 is 2.11 bits per heavy atom. The molecule has 4 heteroatoms. The molecule has 2 aromatic carbocycles. The standard InChI is InChI=1S/C23H31N3O/c1-4-25-14-16-26(17-15-25)23(2,3)18-24-22(27)21-12-10-20(11-13-21)19-8-6-5-7-9-19/h5-13H,4,14-18H2,1-3H3,(H,24,27). The Hall–Kier alpha value is -2.17. The van der Waals surface area contributed by atoms with Crippen molar-refractivity contribution >= 4 is 5.91 Å². The summed E-state index contributed by atoms with van der Waals surface area (Å²) in [5.74, 6) is -0.00474. The van der Waals surface area contributed by atoms with Crippen LogP contribution in [-0.2, 0) is 0 Å². The van der Waals surface area contributed by atoms with Crippen molar-refractivity contribution < 1.29 is 4.79 Å². The van der Waals surface area contributed by atoms with Crippen LogP contribution in [0.3, 0.4) is 0 Å². The second-order valence-corrected chi connectivity index (χ2v) is 7.86. The zero-order chi connectivity index (χ0) is 19.3. The van der Waals surface area contributed by atoms with E-state index in [1.165, 1.54) is 0 Å². The summed E-state index contributed by atoms with van der Waals surface area (Å²) in [5.41, 5.74) is 2.96. The van der Waals surface area contributed by atoms with Gasteiger partial charge in [0.15, 0.2) is 0 Å². The maximum absolute atomic E-state index is 12.6. The Balaban J connectivity index is 1.55. The molecule has 0 saturated carbocycles. The van der Waals surface area contributed by atoms with E-state index in [1.807, 2.05) is 42.5 Å². The highest BCUT2D eigenvalue weighted by Crippen LogP contribution is 2.20. The first-order valence-electron chi connectivity index (χ1n) is 9.91. The fourth-order valence-corrected chi connectivity index (χ4v) is 3.62. The number of rotatable bonds is 6. The van der Waals surface area contributed by atoms with Crippen LogP contribution in [0.4, 0.5) is 0 Å². The smallest absolute Gasteiger partial charge is 0.251 e. The van der Waals surface area contributed by atoms with Crippen molar-refractivity contribution in [2.24, 2.45) is 0 Å². The second-order valence-electron chi connectivity index (χ2n) is 7.86. The second kappa shape index (κ2) is 8.68. The Morgan fingerprint density at radius 1 is 0.926 bits per heavy atom. The minimum absolute atomic E-state index is 0.00474. The van der Waals surface area contributed by atoms with Crippen LogP contribution >= 0.6 is 0 Å². The average Bonchev–Trinajstić information content (AvgIpc) is 2.73. The number of carbonyl (C=O) groups is 1. The van der Waals surface area contributed by atoms with Crippen molar-refractivity contribution in [2.45, 2.75) is 26.3 Å². The molecule has 144 valence electrons. The molecule has 1 aliphatic rings. The molecular formula is C23H31N3O. The molecule has 1 N–H and O–H groups in total. The van der Waals surface area contributed by atoms with E-state index >= 15 is 0 Å². The van der Waals surface area contributed by atoms with Gasteiger partial charge in [-0.1, -0.05) is 49.4 Å². The highest BCUT2D eigenvalue weighted by Gasteiger charge is 2.29. The first-order valence-corrected chi connectivity index (χ1v) is 9.91. The zero-order valence-electron chi connectivity index (χ0n) is 16.7. The van der Waals surface area contributed by atoms with Crippen LogP contribution in [0.25, 0.3) is 11.1 Å². The quantitative estimate of drug-likeness (QED) is 0.851. The number of hydrogen-bond donors (Lipinski definition) is 1. The van der Waals surface area contributed by atoms with Crippen LogP contribution in [0.1, 0.15) is 31.1 Å². The summed E-state index contributed by atoms with van der Waals surface area (Å²) >= 11 is 0. The third-order valence-electron chi connectivity index (χ3n) is 5.61. The lowest BCUT2D eigenvalue weighted by molar-refractivity contribution is 0.0521. The topological polar surface area (TPSA) is 35.6 Å². The molecule has 0 aromatic heterocycles. The summed E-state index contributed by atoms with van der Waals surface area (Å²) in [5, 5.41) is 3.13. The molecule has 27 heavy (non-hydrogen) atoms. The normalized spacial score (nSPS) is 16.3. The Kier molecular flexibility index (Phi) is 6.30. The summed E-state index contributed by atoms with van der Waals surface area (Å²) in [6, 6.07) is 18.1. The lowest BCUT2D eigenvalue weighted by Crippen LogP contribution is -2.58. The van der Waals surface area contributed by atoms with E-state index in [4.69, 9.17) is 0 Å². The molecule has 1 aliphatic heterocycles. The summed E-state index contributed by atoms with van der Waals surface area (Å²) in [6.45, 7) is 12.7. The molecule has 1 saturated heterocycles. The number of benzene rings is 2. The Morgan fingerprint density at radius 2 is 1.52 bits per heavy atom. The average molecular weight is 366 g/mol. The molecule has 0 bridgehead atoms. The van der Waals surface area contributed by atoms with Gasteiger partial charge in [0, 0.05) is 43.8 Å². The number of piperazine rings is 1. The molecule has 0 aliphatic carbocycles. The SMILES string of the molecule is CCN1CCN(C(C)(C)CNC(=O)c2ccc(-c3ccccc3)cc2)CC1. The van der Waals surface area contributed by atoms with E-state index in [1.54, 1.807) is 0 Å². The fraction of sp³-hybridized carbons (Fsp3) is 0.435. The Labute approximate surface area is 163 Å². The molecule has 0 unspecified atom stereocenters. The van der Waals surface area contributed by atoms with Crippen LogP contribution in [0.2, 0.25) is 0 Å². The summed E-state index contributed by atoms with van der Waals surface area (Å²) < 4.78 is 0. The van der Waals surface area contributed by atoms with E-state index in [0.29, 0.717) is 12.1 Å². The van der Waals surface area contributed by atoms with Gasteiger partial charge in [-0.25, -0.2) is 0 Å². The maximum atomic E-state index is 12.6.